The molecule has 0 saturated heterocycles. The van der Waals surface area contributed by atoms with Crippen molar-refractivity contribution in [1.29, 1.82) is 0 Å². The quantitative estimate of drug-likeness (QED) is 0.670. The van der Waals surface area contributed by atoms with E-state index in [2.05, 4.69) is 15.0 Å². The zero-order valence-electron chi connectivity index (χ0n) is 10.4. The van der Waals surface area contributed by atoms with E-state index in [-0.39, 0.29) is 0 Å². The van der Waals surface area contributed by atoms with Gasteiger partial charge in [-0.25, -0.2) is 9.97 Å². The number of nitrogens with zero attached hydrogens (tertiary/aromatic N) is 3. The molecule has 0 aromatic carbocycles. The molecule has 3 aromatic rings. The number of rotatable bonds is 1. The summed E-state index contributed by atoms with van der Waals surface area (Å²) >= 11 is 4.93. The largest absolute Gasteiger partial charge is 0.250 e. The first-order chi connectivity index (χ1) is 8.65. The lowest BCUT2D eigenvalue weighted by Gasteiger charge is -1.84. The SMILES string of the molecule is Cc1csc(-c2nc(C)cs2)n1.Cc1cscn1. The van der Waals surface area contributed by atoms with Crippen LogP contribution in [0.4, 0.5) is 0 Å². The van der Waals surface area contributed by atoms with Crippen molar-refractivity contribution in [3.8, 4) is 10.0 Å². The molecule has 0 spiro atoms. The van der Waals surface area contributed by atoms with E-state index in [9.17, 15) is 0 Å². The first kappa shape index (κ1) is 13.3. The van der Waals surface area contributed by atoms with Gasteiger partial charge in [0.15, 0.2) is 10.0 Å². The lowest BCUT2D eigenvalue weighted by Crippen LogP contribution is -1.75. The molecular weight excluding hydrogens is 282 g/mol. The van der Waals surface area contributed by atoms with E-state index in [1.54, 1.807) is 34.0 Å². The van der Waals surface area contributed by atoms with Gasteiger partial charge in [0.1, 0.15) is 0 Å². The molecule has 3 aromatic heterocycles. The molecule has 6 heteroatoms. The number of thiazole rings is 3. The molecule has 0 aliphatic heterocycles. The van der Waals surface area contributed by atoms with Gasteiger partial charge < -0.3 is 0 Å². The van der Waals surface area contributed by atoms with Crippen LogP contribution in [0.5, 0.6) is 0 Å². The summed E-state index contributed by atoms with van der Waals surface area (Å²) in [5.74, 6) is 0. The lowest BCUT2D eigenvalue weighted by atomic mass is 10.5. The first-order valence-electron chi connectivity index (χ1n) is 5.34. The summed E-state index contributed by atoms with van der Waals surface area (Å²) in [6.45, 7) is 5.98. The van der Waals surface area contributed by atoms with Crippen molar-refractivity contribution in [2.75, 3.05) is 0 Å². The minimum Gasteiger partial charge on any atom is -0.250 e. The molecule has 0 amide bonds. The zero-order valence-corrected chi connectivity index (χ0v) is 12.8. The van der Waals surface area contributed by atoms with Crippen LogP contribution in [-0.2, 0) is 0 Å². The van der Waals surface area contributed by atoms with Gasteiger partial charge in [0.25, 0.3) is 0 Å². The normalized spacial score (nSPS) is 9.94. The highest BCUT2D eigenvalue weighted by atomic mass is 32.1. The molecule has 94 valence electrons. The zero-order chi connectivity index (χ0) is 13.0. The second kappa shape index (κ2) is 6.17. The number of hydrogen-bond acceptors (Lipinski definition) is 6. The lowest BCUT2D eigenvalue weighted by molar-refractivity contribution is 1.23. The van der Waals surface area contributed by atoms with Gasteiger partial charge in [-0.05, 0) is 20.8 Å². The fourth-order valence-electron chi connectivity index (χ4n) is 1.18. The molecule has 3 nitrogen and oxygen atoms in total. The molecule has 18 heavy (non-hydrogen) atoms. The van der Waals surface area contributed by atoms with Gasteiger partial charge in [0, 0.05) is 33.2 Å². The topological polar surface area (TPSA) is 38.7 Å². The Balaban J connectivity index is 0.000000169. The number of aryl methyl sites for hydroxylation is 3. The fourth-order valence-corrected chi connectivity index (χ4v) is 3.37. The second-order valence-electron chi connectivity index (χ2n) is 3.72. The van der Waals surface area contributed by atoms with E-state index < -0.39 is 0 Å². The van der Waals surface area contributed by atoms with Crippen LogP contribution in [0.2, 0.25) is 0 Å². The Kier molecular flexibility index (Phi) is 4.57. The number of hydrogen-bond donors (Lipinski definition) is 0. The van der Waals surface area contributed by atoms with Gasteiger partial charge in [0.05, 0.1) is 5.51 Å². The van der Waals surface area contributed by atoms with Crippen LogP contribution >= 0.6 is 34.0 Å². The Hall–Kier alpha value is -1.11. The highest BCUT2D eigenvalue weighted by molar-refractivity contribution is 7.19. The third-order valence-corrected chi connectivity index (χ3v) is 4.74. The van der Waals surface area contributed by atoms with Crippen molar-refractivity contribution < 1.29 is 0 Å². The van der Waals surface area contributed by atoms with Gasteiger partial charge in [-0.3, -0.25) is 4.98 Å². The van der Waals surface area contributed by atoms with Crippen molar-refractivity contribution >= 4 is 34.0 Å². The van der Waals surface area contributed by atoms with Crippen molar-refractivity contribution in [3.05, 3.63) is 38.7 Å². The van der Waals surface area contributed by atoms with E-state index >= 15 is 0 Å². The average molecular weight is 295 g/mol. The fraction of sp³-hybridized carbons (Fsp3) is 0.250. The van der Waals surface area contributed by atoms with Crippen molar-refractivity contribution in [2.45, 2.75) is 20.8 Å². The first-order valence-corrected chi connectivity index (χ1v) is 8.05. The van der Waals surface area contributed by atoms with Crippen LogP contribution in [-0.4, -0.2) is 15.0 Å². The van der Waals surface area contributed by atoms with Crippen LogP contribution in [0.1, 0.15) is 17.1 Å². The summed E-state index contributed by atoms with van der Waals surface area (Å²) in [5, 5.41) is 8.18. The third-order valence-electron chi connectivity index (χ3n) is 1.98. The molecule has 0 aliphatic carbocycles. The maximum atomic E-state index is 4.36. The van der Waals surface area contributed by atoms with Crippen LogP contribution in [0.3, 0.4) is 0 Å². The summed E-state index contributed by atoms with van der Waals surface area (Å²) in [6.07, 6.45) is 0. The molecule has 0 atom stereocenters. The maximum Gasteiger partial charge on any atom is 0.152 e. The minimum absolute atomic E-state index is 1.03. The Bertz CT molecular complexity index is 557. The van der Waals surface area contributed by atoms with Crippen LogP contribution in [0.25, 0.3) is 10.0 Å². The third kappa shape index (κ3) is 3.69. The van der Waals surface area contributed by atoms with E-state index in [0.717, 1.165) is 27.1 Å². The highest BCUT2D eigenvalue weighted by Gasteiger charge is 2.05. The summed E-state index contributed by atoms with van der Waals surface area (Å²) in [6, 6.07) is 0. The smallest absolute Gasteiger partial charge is 0.152 e. The summed E-state index contributed by atoms with van der Waals surface area (Å²) < 4.78 is 0. The van der Waals surface area contributed by atoms with Crippen LogP contribution in [0.15, 0.2) is 21.7 Å². The van der Waals surface area contributed by atoms with Crippen molar-refractivity contribution in [2.24, 2.45) is 0 Å². The monoisotopic (exact) mass is 295 g/mol. The van der Waals surface area contributed by atoms with Gasteiger partial charge in [-0.2, -0.15) is 0 Å². The molecule has 3 heterocycles. The van der Waals surface area contributed by atoms with E-state index in [0.29, 0.717) is 0 Å². The van der Waals surface area contributed by atoms with Crippen LogP contribution < -0.4 is 0 Å². The molecule has 0 bridgehead atoms. The van der Waals surface area contributed by atoms with Gasteiger partial charge in [-0.15, -0.1) is 34.0 Å². The van der Waals surface area contributed by atoms with E-state index in [1.807, 2.05) is 42.4 Å². The van der Waals surface area contributed by atoms with Gasteiger partial charge in [-0.1, -0.05) is 0 Å². The Morgan fingerprint density at radius 3 is 1.56 bits per heavy atom. The molecule has 3 rings (SSSR count). The molecule has 0 radical (unpaired) electrons. The van der Waals surface area contributed by atoms with E-state index in [1.165, 1.54) is 0 Å². The van der Waals surface area contributed by atoms with E-state index in [4.69, 9.17) is 0 Å². The Morgan fingerprint density at radius 2 is 1.33 bits per heavy atom. The molecule has 0 saturated carbocycles. The summed E-state index contributed by atoms with van der Waals surface area (Å²) in [7, 11) is 0. The second-order valence-corrected chi connectivity index (χ2v) is 6.15. The molecule has 0 unspecified atom stereocenters. The van der Waals surface area contributed by atoms with Gasteiger partial charge in [0.2, 0.25) is 0 Å². The Labute approximate surface area is 118 Å². The molecule has 0 fully saturated rings. The minimum atomic E-state index is 1.03. The summed E-state index contributed by atoms with van der Waals surface area (Å²) in [4.78, 5) is 12.7. The maximum absolute atomic E-state index is 4.36. The highest BCUT2D eigenvalue weighted by Crippen LogP contribution is 2.26. The molecular formula is C12H13N3S3. The van der Waals surface area contributed by atoms with Crippen molar-refractivity contribution in [1.82, 2.24) is 15.0 Å². The Morgan fingerprint density at radius 1 is 0.778 bits per heavy atom. The van der Waals surface area contributed by atoms with Gasteiger partial charge >= 0.3 is 0 Å². The average Bonchev–Trinajstić information content (AvgIpc) is 3.02. The summed E-state index contributed by atoms with van der Waals surface area (Å²) in [5.41, 5.74) is 5.08. The standard InChI is InChI=1S/C8H8N2S2.C4H5NS/c1-5-3-11-7(9-5)8-10-6(2)4-12-8;1-4-2-6-3-5-4/h3-4H,1-2H3;2-3H,1H3. The van der Waals surface area contributed by atoms with Crippen LogP contribution in [0, 0.1) is 20.8 Å². The molecule has 0 aliphatic rings. The predicted octanol–water partition coefficient (Wildman–Crippen LogP) is 4.33. The predicted molar refractivity (Wildman–Crippen MR) is 79.5 cm³/mol. The van der Waals surface area contributed by atoms with Crippen molar-refractivity contribution in [3.63, 3.8) is 0 Å². The molecule has 0 N–H and O–H groups in total. The number of aromatic nitrogens is 3.